The highest BCUT2D eigenvalue weighted by Crippen LogP contribution is 2.31. The topological polar surface area (TPSA) is 73.8 Å². The summed E-state index contributed by atoms with van der Waals surface area (Å²) >= 11 is 4.77. The molecular weight excluding hydrogens is 412 g/mol. The number of nitrogens with two attached hydrogens (primary N) is 1. The molecule has 0 aliphatic carbocycles. The van der Waals surface area contributed by atoms with Crippen LogP contribution in [0, 0.1) is 13.8 Å². The third-order valence-electron chi connectivity index (χ3n) is 3.88. The largest absolute Gasteiger partial charge is 0.369 e. The Labute approximate surface area is 165 Å². The van der Waals surface area contributed by atoms with Crippen molar-refractivity contribution in [2.75, 3.05) is 0 Å². The minimum atomic E-state index is -0.401. The molecule has 0 spiro atoms. The number of halogens is 1. The van der Waals surface area contributed by atoms with Crippen molar-refractivity contribution in [3.8, 4) is 17.1 Å². The van der Waals surface area contributed by atoms with Gasteiger partial charge in [-0.3, -0.25) is 9.36 Å². The van der Waals surface area contributed by atoms with Gasteiger partial charge in [-0.15, -0.1) is 10.2 Å². The number of hydrogen-bond acceptors (Lipinski definition) is 4. The predicted octanol–water partition coefficient (Wildman–Crippen LogP) is 4.28. The zero-order valence-corrected chi connectivity index (χ0v) is 17.1. The van der Waals surface area contributed by atoms with Crippen LogP contribution in [0.2, 0.25) is 0 Å². The van der Waals surface area contributed by atoms with Crippen LogP contribution in [0.3, 0.4) is 0 Å². The Hall–Kier alpha value is -2.12. The van der Waals surface area contributed by atoms with Crippen molar-refractivity contribution in [3.05, 3.63) is 58.1 Å². The van der Waals surface area contributed by atoms with E-state index in [0.717, 1.165) is 32.7 Å². The molecule has 26 heavy (non-hydrogen) atoms. The summed E-state index contributed by atoms with van der Waals surface area (Å²) in [5, 5.41) is 8.96. The number of hydrogen-bond donors (Lipinski definition) is 1. The molecule has 1 aromatic heterocycles. The van der Waals surface area contributed by atoms with Gasteiger partial charge in [0.2, 0.25) is 5.91 Å². The smallest absolute Gasteiger partial charge is 0.230 e. The zero-order chi connectivity index (χ0) is 18.8. The van der Waals surface area contributed by atoms with E-state index in [1.165, 1.54) is 11.8 Å². The van der Waals surface area contributed by atoms with Crippen molar-refractivity contribution >= 4 is 33.6 Å². The fraction of sp³-hybridized carbons (Fsp3) is 0.211. The molecule has 2 N–H and O–H groups in total. The highest BCUT2D eigenvalue weighted by Gasteiger charge is 2.20. The fourth-order valence-electron chi connectivity index (χ4n) is 2.66. The number of aromatic nitrogens is 3. The lowest BCUT2D eigenvalue weighted by Gasteiger charge is -2.13. The van der Waals surface area contributed by atoms with Crippen molar-refractivity contribution in [1.29, 1.82) is 0 Å². The van der Waals surface area contributed by atoms with Crippen LogP contribution in [0.25, 0.3) is 17.1 Å². The van der Waals surface area contributed by atoms with Crippen molar-refractivity contribution in [2.24, 2.45) is 5.73 Å². The second-order valence-electron chi connectivity index (χ2n) is 6.16. The number of thioether (sulfide) groups is 1. The van der Waals surface area contributed by atoms with Gasteiger partial charge >= 0.3 is 0 Å². The summed E-state index contributed by atoms with van der Waals surface area (Å²) in [5.74, 6) is 0.344. The van der Waals surface area contributed by atoms with Gasteiger partial charge in [-0.2, -0.15) is 0 Å². The Balaban J connectivity index is 2.17. The van der Waals surface area contributed by atoms with E-state index < -0.39 is 5.25 Å². The number of benzene rings is 2. The summed E-state index contributed by atoms with van der Waals surface area (Å²) in [7, 11) is 0. The van der Waals surface area contributed by atoms with E-state index in [9.17, 15) is 4.79 Å². The molecule has 0 aliphatic heterocycles. The van der Waals surface area contributed by atoms with Crippen LogP contribution in [0.4, 0.5) is 0 Å². The predicted molar refractivity (Wildman–Crippen MR) is 108 cm³/mol. The monoisotopic (exact) mass is 430 g/mol. The van der Waals surface area contributed by atoms with Crippen LogP contribution in [-0.2, 0) is 4.79 Å². The molecule has 0 radical (unpaired) electrons. The molecule has 0 saturated heterocycles. The van der Waals surface area contributed by atoms with Gasteiger partial charge in [0.1, 0.15) is 0 Å². The fourth-order valence-corrected chi connectivity index (χ4v) is 3.74. The van der Waals surface area contributed by atoms with Crippen molar-refractivity contribution in [1.82, 2.24) is 14.8 Å². The number of carbonyl (C=O) groups excluding carboxylic acids is 1. The lowest BCUT2D eigenvalue weighted by Crippen LogP contribution is -2.23. The second-order valence-corrected chi connectivity index (χ2v) is 8.38. The lowest BCUT2D eigenvalue weighted by atomic mass is 10.1. The summed E-state index contributed by atoms with van der Waals surface area (Å²) in [6, 6.07) is 14.2. The first-order valence-corrected chi connectivity index (χ1v) is 9.78. The molecule has 1 heterocycles. The van der Waals surface area contributed by atoms with E-state index in [1.807, 2.05) is 28.8 Å². The molecule has 1 atom stereocenters. The molecule has 1 amide bonds. The van der Waals surface area contributed by atoms with Crippen LogP contribution in [-0.4, -0.2) is 25.9 Å². The van der Waals surface area contributed by atoms with Gasteiger partial charge in [-0.25, -0.2) is 0 Å². The van der Waals surface area contributed by atoms with E-state index >= 15 is 0 Å². The Kier molecular flexibility index (Phi) is 5.48. The van der Waals surface area contributed by atoms with E-state index in [1.54, 1.807) is 6.92 Å². The van der Waals surface area contributed by atoms with E-state index in [2.05, 4.69) is 58.2 Å². The Morgan fingerprint density at radius 3 is 2.31 bits per heavy atom. The Bertz CT molecular complexity index is 932. The molecule has 2 aromatic carbocycles. The summed E-state index contributed by atoms with van der Waals surface area (Å²) in [4.78, 5) is 11.5. The van der Waals surface area contributed by atoms with E-state index in [0.29, 0.717) is 5.16 Å². The van der Waals surface area contributed by atoms with E-state index in [4.69, 9.17) is 5.73 Å². The van der Waals surface area contributed by atoms with E-state index in [-0.39, 0.29) is 5.91 Å². The second kappa shape index (κ2) is 7.63. The third-order valence-corrected chi connectivity index (χ3v) is 5.47. The maximum absolute atomic E-state index is 11.5. The quantitative estimate of drug-likeness (QED) is 0.612. The average Bonchev–Trinajstić information content (AvgIpc) is 2.98. The number of amides is 1. The molecule has 0 unspecified atom stereocenters. The highest BCUT2D eigenvalue weighted by molar-refractivity contribution is 9.10. The maximum atomic E-state index is 11.5. The number of nitrogens with zero attached hydrogens (tertiary/aromatic N) is 3. The first-order valence-electron chi connectivity index (χ1n) is 8.11. The molecule has 0 fully saturated rings. The van der Waals surface area contributed by atoms with Crippen molar-refractivity contribution in [2.45, 2.75) is 31.2 Å². The number of primary amides is 1. The molecule has 3 rings (SSSR count). The summed E-state index contributed by atoms with van der Waals surface area (Å²) < 4.78 is 2.98. The van der Waals surface area contributed by atoms with Crippen molar-refractivity contribution < 1.29 is 4.79 Å². The molecule has 5 nitrogen and oxygen atoms in total. The summed E-state index contributed by atoms with van der Waals surface area (Å²) in [6.07, 6.45) is 0. The van der Waals surface area contributed by atoms with Gasteiger partial charge < -0.3 is 5.73 Å². The van der Waals surface area contributed by atoms with Gasteiger partial charge in [-0.1, -0.05) is 45.9 Å². The highest BCUT2D eigenvalue weighted by atomic mass is 79.9. The summed E-state index contributed by atoms with van der Waals surface area (Å²) in [6.45, 7) is 5.88. The minimum Gasteiger partial charge on any atom is -0.369 e. The molecule has 0 bridgehead atoms. The number of aryl methyl sites for hydroxylation is 2. The third kappa shape index (κ3) is 3.99. The minimum absolute atomic E-state index is 0.379. The maximum Gasteiger partial charge on any atom is 0.230 e. The first-order chi connectivity index (χ1) is 12.3. The van der Waals surface area contributed by atoms with Gasteiger partial charge in [0.15, 0.2) is 11.0 Å². The van der Waals surface area contributed by atoms with Gasteiger partial charge in [0, 0.05) is 10.0 Å². The standard InChI is InChI=1S/C19H19BrN4OS/c1-11-8-12(2)10-16(9-11)24-18(14-4-6-15(20)7-5-14)22-23-19(24)26-13(3)17(21)25/h4-10,13H,1-3H3,(H2,21,25)/t13-/m0/s1. The number of carbonyl (C=O) groups is 1. The van der Waals surface area contributed by atoms with Gasteiger partial charge in [0.25, 0.3) is 0 Å². The Morgan fingerprint density at radius 1 is 1.12 bits per heavy atom. The molecule has 134 valence electrons. The van der Waals surface area contributed by atoms with Gasteiger partial charge in [0.05, 0.1) is 10.9 Å². The van der Waals surface area contributed by atoms with Crippen LogP contribution < -0.4 is 5.73 Å². The van der Waals surface area contributed by atoms with Crippen LogP contribution in [0.15, 0.2) is 52.1 Å². The molecule has 3 aromatic rings. The molecule has 0 aliphatic rings. The van der Waals surface area contributed by atoms with Crippen LogP contribution in [0.5, 0.6) is 0 Å². The lowest BCUT2D eigenvalue weighted by molar-refractivity contribution is -0.117. The van der Waals surface area contributed by atoms with Crippen LogP contribution in [0.1, 0.15) is 18.1 Å². The van der Waals surface area contributed by atoms with Gasteiger partial charge in [-0.05, 0) is 56.2 Å². The Morgan fingerprint density at radius 2 is 1.73 bits per heavy atom. The average molecular weight is 431 g/mol. The normalized spacial score (nSPS) is 12.2. The van der Waals surface area contributed by atoms with Crippen LogP contribution >= 0.6 is 27.7 Å². The van der Waals surface area contributed by atoms with Crippen molar-refractivity contribution in [3.63, 3.8) is 0 Å². The first kappa shape index (κ1) is 18.7. The number of rotatable bonds is 5. The molecule has 7 heteroatoms. The molecule has 0 saturated carbocycles. The SMILES string of the molecule is Cc1cc(C)cc(-n2c(S[C@@H](C)C(N)=O)nnc2-c2ccc(Br)cc2)c1. The zero-order valence-electron chi connectivity index (χ0n) is 14.7. The molecular formula is C19H19BrN4OS. The summed E-state index contributed by atoms with van der Waals surface area (Å²) in [5.41, 5.74) is 9.63.